The summed E-state index contributed by atoms with van der Waals surface area (Å²) in [4.78, 5) is 19.0. The summed E-state index contributed by atoms with van der Waals surface area (Å²) in [6.07, 6.45) is 5.93. The van der Waals surface area contributed by atoms with Crippen molar-refractivity contribution in [1.29, 1.82) is 0 Å². The molecule has 3 aromatic rings. The van der Waals surface area contributed by atoms with Crippen LogP contribution in [0.2, 0.25) is 0 Å². The van der Waals surface area contributed by atoms with E-state index in [1.807, 2.05) is 10.7 Å². The number of rotatable bonds is 3. The van der Waals surface area contributed by atoms with E-state index in [0.717, 1.165) is 37.2 Å². The number of aryl methyl sites for hydroxylation is 1. The van der Waals surface area contributed by atoms with E-state index in [4.69, 9.17) is 0 Å². The van der Waals surface area contributed by atoms with Gasteiger partial charge in [-0.15, -0.1) is 0 Å². The molecule has 1 amide bonds. The predicted octanol–water partition coefficient (Wildman–Crippen LogP) is 1.42. The molecule has 0 bridgehead atoms. The highest BCUT2D eigenvalue weighted by Gasteiger charge is 2.33. The average Bonchev–Trinajstić information content (AvgIpc) is 3.34. The molecule has 1 aliphatic heterocycles. The van der Waals surface area contributed by atoms with E-state index in [0.29, 0.717) is 30.3 Å². The summed E-state index contributed by atoms with van der Waals surface area (Å²) in [6.45, 7) is 1.89. The molecule has 1 saturated carbocycles. The lowest BCUT2D eigenvalue weighted by atomic mass is 10.1. The summed E-state index contributed by atoms with van der Waals surface area (Å²) in [5.41, 5.74) is 2.75. The number of hydrogen-bond acceptors (Lipinski definition) is 5. The molecule has 1 atom stereocenters. The molecule has 26 heavy (non-hydrogen) atoms. The van der Waals surface area contributed by atoms with E-state index in [-0.39, 0.29) is 5.91 Å². The minimum atomic E-state index is -0.483. The Bertz CT molecular complexity index is 940. The monoisotopic (exact) mass is 352 g/mol. The Morgan fingerprint density at radius 2 is 2.12 bits per heavy atom. The first kappa shape index (κ1) is 15.5. The van der Waals surface area contributed by atoms with Crippen LogP contribution >= 0.6 is 0 Å². The molecule has 3 aromatic heterocycles. The van der Waals surface area contributed by atoms with Gasteiger partial charge in [0.1, 0.15) is 6.10 Å². The molecular formula is C18H20N6O2. The van der Waals surface area contributed by atoms with Gasteiger partial charge in [0.2, 0.25) is 0 Å². The van der Waals surface area contributed by atoms with Crippen LogP contribution in [0.15, 0.2) is 30.6 Å². The minimum Gasteiger partial charge on any atom is -0.386 e. The molecule has 0 radical (unpaired) electrons. The molecule has 2 aliphatic rings. The maximum atomic E-state index is 12.9. The second kappa shape index (κ2) is 5.91. The van der Waals surface area contributed by atoms with E-state index < -0.39 is 6.10 Å². The number of aliphatic hydroxyl groups excluding tert-OH is 1. The molecule has 5 rings (SSSR count). The van der Waals surface area contributed by atoms with Crippen LogP contribution in [-0.4, -0.2) is 46.8 Å². The van der Waals surface area contributed by atoms with Crippen molar-refractivity contribution in [2.45, 2.75) is 38.5 Å². The SMILES string of the molecule is O=C(c1cc2ncccn2n1)N1CCCn2nc(C(O)C3CC3)cc2C1. The second-order valence-electron chi connectivity index (χ2n) is 7.10. The van der Waals surface area contributed by atoms with Gasteiger partial charge in [-0.3, -0.25) is 9.48 Å². The third kappa shape index (κ3) is 2.66. The molecule has 8 nitrogen and oxygen atoms in total. The van der Waals surface area contributed by atoms with E-state index in [2.05, 4.69) is 15.2 Å². The fourth-order valence-corrected chi connectivity index (χ4v) is 3.55. The van der Waals surface area contributed by atoms with Crippen molar-refractivity contribution in [3.63, 3.8) is 0 Å². The summed E-state index contributed by atoms with van der Waals surface area (Å²) < 4.78 is 3.54. The van der Waals surface area contributed by atoms with Crippen LogP contribution in [0.3, 0.4) is 0 Å². The largest absolute Gasteiger partial charge is 0.386 e. The van der Waals surface area contributed by atoms with Crippen molar-refractivity contribution in [3.8, 4) is 0 Å². The van der Waals surface area contributed by atoms with E-state index in [1.54, 1.807) is 33.9 Å². The predicted molar refractivity (Wildman–Crippen MR) is 92.3 cm³/mol. The van der Waals surface area contributed by atoms with Crippen LogP contribution < -0.4 is 0 Å². The van der Waals surface area contributed by atoms with E-state index >= 15 is 0 Å². The van der Waals surface area contributed by atoms with E-state index in [9.17, 15) is 9.90 Å². The van der Waals surface area contributed by atoms with Gasteiger partial charge in [0.25, 0.3) is 5.91 Å². The first-order valence-corrected chi connectivity index (χ1v) is 9.03. The number of carbonyl (C=O) groups is 1. The Labute approximate surface area is 150 Å². The Kier molecular flexibility index (Phi) is 3.53. The highest BCUT2D eigenvalue weighted by Crippen LogP contribution is 2.40. The Balaban J connectivity index is 1.40. The van der Waals surface area contributed by atoms with Gasteiger partial charge in [-0.25, -0.2) is 9.50 Å². The van der Waals surface area contributed by atoms with Crippen LogP contribution in [0.4, 0.5) is 0 Å². The molecule has 4 heterocycles. The van der Waals surface area contributed by atoms with Crippen molar-refractivity contribution in [1.82, 2.24) is 29.3 Å². The molecular weight excluding hydrogens is 332 g/mol. The zero-order valence-corrected chi connectivity index (χ0v) is 14.3. The highest BCUT2D eigenvalue weighted by molar-refractivity contribution is 5.93. The molecule has 1 aliphatic carbocycles. The third-order valence-electron chi connectivity index (χ3n) is 5.15. The first-order valence-electron chi connectivity index (χ1n) is 9.03. The molecule has 1 N–H and O–H groups in total. The third-order valence-corrected chi connectivity index (χ3v) is 5.15. The van der Waals surface area contributed by atoms with Crippen molar-refractivity contribution in [2.75, 3.05) is 6.54 Å². The lowest BCUT2D eigenvalue weighted by Gasteiger charge is -2.18. The fourth-order valence-electron chi connectivity index (χ4n) is 3.55. The zero-order valence-electron chi connectivity index (χ0n) is 14.3. The van der Waals surface area contributed by atoms with Gasteiger partial charge in [-0.1, -0.05) is 0 Å². The second-order valence-corrected chi connectivity index (χ2v) is 7.10. The summed E-state index contributed by atoms with van der Waals surface area (Å²) in [5, 5.41) is 19.2. The van der Waals surface area contributed by atoms with Crippen molar-refractivity contribution in [3.05, 3.63) is 47.7 Å². The van der Waals surface area contributed by atoms with Crippen LogP contribution in [0.1, 0.15) is 47.2 Å². The van der Waals surface area contributed by atoms with Gasteiger partial charge in [0.15, 0.2) is 11.3 Å². The van der Waals surface area contributed by atoms with Gasteiger partial charge in [0.05, 0.1) is 17.9 Å². The molecule has 1 fully saturated rings. The number of amides is 1. The van der Waals surface area contributed by atoms with Gasteiger partial charge >= 0.3 is 0 Å². The number of aliphatic hydroxyl groups is 1. The standard InChI is InChI=1S/C18H20N6O2/c25-17(12-3-4-12)14-9-13-11-22(6-2-8-23(13)20-14)18(26)15-10-16-19-5-1-7-24(16)21-15/h1,5,7,9-10,12,17,25H,2-4,6,8,11H2. The zero-order chi connectivity index (χ0) is 17.7. The topological polar surface area (TPSA) is 88.6 Å². The van der Waals surface area contributed by atoms with Gasteiger partial charge in [-0.05, 0) is 37.3 Å². The summed E-state index contributed by atoms with van der Waals surface area (Å²) >= 11 is 0. The number of hydrogen-bond donors (Lipinski definition) is 1. The molecule has 134 valence electrons. The Morgan fingerprint density at radius 1 is 1.23 bits per heavy atom. The van der Waals surface area contributed by atoms with Gasteiger partial charge in [0, 0.05) is 31.5 Å². The minimum absolute atomic E-state index is 0.102. The highest BCUT2D eigenvalue weighted by atomic mass is 16.3. The first-order chi connectivity index (χ1) is 12.7. The lowest BCUT2D eigenvalue weighted by molar-refractivity contribution is 0.0739. The van der Waals surface area contributed by atoms with Crippen molar-refractivity contribution < 1.29 is 9.90 Å². The fraction of sp³-hybridized carbons (Fsp3) is 0.444. The summed E-state index contributed by atoms with van der Waals surface area (Å²) in [5.74, 6) is 0.242. The normalized spacial score (nSPS) is 18.6. The Hall–Kier alpha value is -2.74. The maximum absolute atomic E-state index is 12.9. The van der Waals surface area contributed by atoms with Gasteiger partial charge < -0.3 is 10.0 Å². The summed E-state index contributed by atoms with van der Waals surface area (Å²) in [6, 6.07) is 5.44. The van der Waals surface area contributed by atoms with Crippen LogP contribution in [0, 0.1) is 5.92 Å². The number of aromatic nitrogens is 5. The number of nitrogens with zero attached hydrogens (tertiary/aromatic N) is 6. The average molecular weight is 352 g/mol. The van der Waals surface area contributed by atoms with Crippen LogP contribution in [0.25, 0.3) is 5.65 Å². The smallest absolute Gasteiger partial charge is 0.274 e. The maximum Gasteiger partial charge on any atom is 0.274 e. The van der Waals surface area contributed by atoms with Crippen LogP contribution in [-0.2, 0) is 13.1 Å². The van der Waals surface area contributed by atoms with Gasteiger partial charge in [-0.2, -0.15) is 10.2 Å². The molecule has 0 aromatic carbocycles. The lowest BCUT2D eigenvalue weighted by Crippen LogP contribution is -2.31. The molecule has 0 spiro atoms. The van der Waals surface area contributed by atoms with Crippen molar-refractivity contribution >= 4 is 11.6 Å². The summed E-state index contributed by atoms with van der Waals surface area (Å²) in [7, 11) is 0. The number of fused-ring (bicyclic) bond motifs is 2. The Morgan fingerprint density at radius 3 is 2.92 bits per heavy atom. The molecule has 1 unspecified atom stereocenters. The quantitative estimate of drug-likeness (QED) is 0.770. The number of carbonyl (C=O) groups excluding carboxylic acids is 1. The van der Waals surface area contributed by atoms with E-state index in [1.165, 1.54) is 0 Å². The van der Waals surface area contributed by atoms with Crippen molar-refractivity contribution in [2.24, 2.45) is 5.92 Å². The molecule has 8 heteroatoms. The molecule has 0 saturated heterocycles. The van der Waals surface area contributed by atoms with Crippen LogP contribution in [0.5, 0.6) is 0 Å².